The van der Waals surface area contributed by atoms with Crippen molar-refractivity contribution in [3.8, 4) is 0 Å². The highest BCUT2D eigenvalue weighted by atomic mass is 16.5. The van der Waals surface area contributed by atoms with Gasteiger partial charge in [0.15, 0.2) is 11.5 Å². The summed E-state index contributed by atoms with van der Waals surface area (Å²) in [4.78, 5) is 19.0. The Morgan fingerprint density at radius 1 is 1.47 bits per heavy atom. The molecule has 0 radical (unpaired) electrons. The quantitative estimate of drug-likeness (QED) is 0.838. The Labute approximate surface area is 111 Å². The van der Waals surface area contributed by atoms with Crippen LogP contribution in [0.25, 0.3) is 0 Å². The number of aromatic nitrogens is 2. The van der Waals surface area contributed by atoms with Crippen LogP contribution in [0.15, 0.2) is 12.4 Å². The first-order valence-corrected chi connectivity index (χ1v) is 6.63. The lowest BCUT2D eigenvalue weighted by molar-refractivity contribution is -0.00335. The van der Waals surface area contributed by atoms with Crippen molar-refractivity contribution in [2.75, 3.05) is 18.5 Å². The molecule has 1 saturated carbocycles. The molecule has 1 atom stereocenters. The molecule has 6 heteroatoms. The van der Waals surface area contributed by atoms with E-state index in [1.807, 2.05) is 0 Å². The first-order chi connectivity index (χ1) is 9.21. The van der Waals surface area contributed by atoms with Crippen LogP contribution < -0.4 is 5.32 Å². The maximum Gasteiger partial charge on any atom is 0.358 e. The summed E-state index contributed by atoms with van der Waals surface area (Å²) in [5.41, 5.74) is -0.167. The molecule has 102 valence electrons. The van der Waals surface area contributed by atoms with E-state index in [1.165, 1.54) is 25.2 Å². The third-order valence-electron chi connectivity index (χ3n) is 3.91. The molecule has 3 rings (SSSR count). The third kappa shape index (κ3) is 2.40. The highest BCUT2D eigenvalue weighted by molar-refractivity contribution is 5.90. The SMILES string of the molecule is O=C(O)c1nccnc1NCC1(C2CC2)CCCO1. The zero-order chi connectivity index (χ0) is 13.3. The van der Waals surface area contributed by atoms with Crippen molar-refractivity contribution in [2.24, 2.45) is 5.92 Å². The van der Waals surface area contributed by atoms with E-state index in [9.17, 15) is 4.79 Å². The second kappa shape index (κ2) is 4.77. The van der Waals surface area contributed by atoms with Gasteiger partial charge in [-0.1, -0.05) is 0 Å². The Balaban J connectivity index is 1.73. The van der Waals surface area contributed by atoms with Gasteiger partial charge < -0.3 is 15.2 Å². The summed E-state index contributed by atoms with van der Waals surface area (Å²) < 4.78 is 5.93. The van der Waals surface area contributed by atoms with Gasteiger partial charge in [-0.05, 0) is 31.6 Å². The predicted molar refractivity (Wildman–Crippen MR) is 68.1 cm³/mol. The average molecular weight is 263 g/mol. The molecule has 2 N–H and O–H groups in total. The fourth-order valence-corrected chi connectivity index (χ4v) is 2.79. The number of aromatic carboxylic acids is 1. The number of ether oxygens (including phenoxy) is 1. The normalized spacial score (nSPS) is 26.3. The van der Waals surface area contributed by atoms with E-state index in [0.717, 1.165) is 19.4 Å². The highest BCUT2D eigenvalue weighted by Gasteiger charge is 2.48. The van der Waals surface area contributed by atoms with Crippen LogP contribution in [-0.2, 0) is 4.74 Å². The second-order valence-corrected chi connectivity index (χ2v) is 5.20. The lowest BCUT2D eigenvalue weighted by Gasteiger charge is -2.29. The molecule has 19 heavy (non-hydrogen) atoms. The van der Waals surface area contributed by atoms with Gasteiger partial charge in [0.05, 0.1) is 5.60 Å². The maximum absolute atomic E-state index is 11.1. The Kier molecular flexibility index (Phi) is 3.10. The van der Waals surface area contributed by atoms with Crippen LogP contribution in [0.3, 0.4) is 0 Å². The Morgan fingerprint density at radius 3 is 2.89 bits per heavy atom. The van der Waals surface area contributed by atoms with E-state index in [1.54, 1.807) is 0 Å². The van der Waals surface area contributed by atoms with E-state index in [0.29, 0.717) is 18.3 Å². The second-order valence-electron chi connectivity index (χ2n) is 5.20. The summed E-state index contributed by atoms with van der Waals surface area (Å²) in [5, 5.41) is 12.2. The molecule has 2 aliphatic rings. The Hall–Kier alpha value is -1.69. The van der Waals surface area contributed by atoms with Crippen molar-refractivity contribution in [2.45, 2.75) is 31.3 Å². The topological polar surface area (TPSA) is 84.3 Å². The summed E-state index contributed by atoms with van der Waals surface area (Å²) in [7, 11) is 0. The molecule has 0 aromatic carbocycles. The number of hydrogen-bond donors (Lipinski definition) is 2. The summed E-state index contributed by atoms with van der Waals surface area (Å²) in [6.45, 7) is 1.40. The van der Waals surface area contributed by atoms with Crippen molar-refractivity contribution >= 4 is 11.8 Å². The minimum absolute atomic E-state index is 0.0357. The molecule has 6 nitrogen and oxygen atoms in total. The van der Waals surface area contributed by atoms with Crippen molar-refractivity contribution < 1.29 is 14.6 Å². The van der Waals surface area contributed by atoms with E-state index >= 15 is 0 Å². The van der Waals surface area contributed by atoms with E-state index < -0.39 is 5.97 Å². The summed E-state index contributed by atoms with van der Waals surface area (Å²) >= 11 is 0. The van der Waals surface area contributed by atoms with Crippen molar-refractivity contribution in [1.29, 1.82) is 0 Å². The molecule has 1 aliphatic carbocycles. The smallest absolute Gasteiger partial charge is 0.358 e. The van der Waals surface area contributed by atoms with Crippen molar-refractivity contribution in [3.05, 3.63) is 18.1 Å². The molecule has 1 aliphatic heterocycles. The zero-order valence-corrected chi connectivity index (χ0v) is 10.6. The number of hydrogen-bond acceptors (Lipinski definition) is 5. The molecule has 1 aromatic heterocycles. The van der Waals surface area contributed by atoms with Gasteiger partial charge in [-0.2, -0.15) is 0 Å². The van der Waals surface area contributed by atoms with Gasteiger partial charge in [-0.15, -0.1) is 0 Å². The highest BCUT2D eigenvalue weighted by Crippen LogP contribution is 2.47. The molecule has 1 unspecified atom stereocenters. The molecule has 0 spiro atoms. The number of anilines is 1. The molecule has 1 saturated heterocycles. The van der Waals surface area contributed by atoms with Crippen LogP contribution in [0, 0.1) is 5.92 Å². The number of nitrogens with one attached hydrogen (secondary N) is 1. The molecule has 2 heterocycles. The van der Waals surface area contributed by atoms with E-state index in [2.05, 4.69) is 15.3 Å². The number of rotatable bonds is 5. The van der Waals surface area contributed by atoms with Crippen LogP contribution in [0.2, 0.25) is 0 Å². The van der Waals surface area contributed by atoms with Crippen LogP contribution in [0.4, 0.5) is 5.82 Å². The fraction of sp³-hybridized carbons (Fsp3) is 0.615. The summed E-state index contributed by atoms with van der Waals surface area (Å²) in [5.74, 6) is -0.138. The van der Waals surface area contributed by atoms with E-state index in [-0.39, 0.29) is 11.3 Å². The number of carbonyl (C=O) groups is 1. The van der Waals surface area contributed by atoms with Crippen LogP contribution in [0.5, 0.6) is 0 Å². The van der Waals surface area contributed by atoms with Crippen LogP contribution >= 0.6 is 0 Å². The van der Waals surface area contributed by atoms with Crippen molar-refractivity contribution in [1.82, 2.24) is 9.97 Å². The lowest BCUT2D eigenvalue weighted by atomic mass is 9.94. The van der Waals surface area contributed by atoms with Gasteiger partial charge in [-0.3, -0.25) is 0 Å². The average Bonchev–Trinajstić information content (AvgIpc) is 3.17. The van der Waals surface area contributed by atoms with Gasteiger partial charge in [0.2, 0.25) is 0 Å². The Bertz CT molecular complexity index is 482. The standard InChI is InChI=1S/C13H17N3O3/c17-12(18)10-11(15-6-5-14-10)16-8-13(9-2-3-9)4-1-7-19-13/h5-6,9H,1-4,7-8H2,(H,15,16)(H,17,18). The molecular formula is C13H17N3O3. The molecule has 0 amide bonds. The van der Waals surface area contributed by atoms with Gasteiger partial charge >= 0.3 is 5.97 Å². The third-order valence-corrected chi connectivity index (χ3v) is 3.91. The number of carboxylic acid groups (broad SMARTS) is 1. The van der Waals surface area contributed by atoms with Crippen molar-refractivity contribution in [3.63, 3.8) is 0 Å². The van der Waals surface area contributed by atoms with E-state index in [4.69, 9.17) is 9.84 Å². The minimum Gasteiger partial charge on any atom is -0.476 e. The Morgan fingerprint density at radius 2 is 2.26 bits per heavy atom. The van der Waals surface area contributed by atoms with Gasteiger partial charge in [0.25, 0.3) is 0 Å². The largest absolute Gasteiger partial charge is 0.476 e. The van der Waals surface area contributed by atoms with Gasteiger partial charge in [0, 0.05) is 25.5 Å². The molecular weight excluding hydrogens is 246 g/mol. The molecule has 2 fully saturated rings. The monoisotopic (exact) mass is 263 g/mol. The fourth-order valence-electron chi connectivity index (χ4n) is 2.79. The van der Waals surface area contributed by atoms with Gasteiger partial charge in [-0.25, -0.2) is 14.8 Å². The summed E-state index contributed by atoms with van der Waals surface area (Å²) in [6.07, 6.45) is 7.39. The first kappa shape index (κ1) is 12.3. The molecule has 0 bridgehead atoms. The first-order valence-electron chi connectivity index (χ1n) is 6.63. The number of nitrogens with zero attached hydrogens (tertiary/aromatic N) is 2. The summed E-state index contributed by atoms with van der Waals surface area (Å²) in [6, 6.07) is 0. The molecule has 1 aromatic rings. The number of carboxylic acids is 1. The van der Waals surface area contributed by atoms with Gasteiger partial charge in [0.1, 0.15) is 0 Å². The van der Waals surface area contributed by atoms with Crippen LogP contribution in [0.1, 0.15) is 36.2 Å². The lowest BCUT2D eigenvalue weighted by Crippen LogP contribution is -2.39. The van der Waals surface area contributed by atoms with Crippen LogP contribution in [-0.4, -0.2) is 39.8 Å². The predicted octanol–water partition coefficient (Wildman–Crippen LogP) is 1.55. The minimum atomic E-state index is -1.07. The maximum atomic E-state index is 11.1. The zero-order valence-electron chi connectivity index (χ0n) is 10.6.